The van der Waals surface area contributed by atoms with E-state index in [1.165, 1.54) is 4.90 Å². The maximum atomic E-state index is 13.4. The van der Waals surface area contributed by atoms with Gasteiger partial charge in [-0.1, -0.05) is 90.5 Å². The average Bonchev–Trinajstić information content (AvgIpc) is 3.09. The molecule has 0 aliphatic carbocycles. The molecule has 162 valence electrons. The minimum Gasteiger partial charge on any atom is -0.507 e. The quantitative estimate of drug-likeness (QED) is 0.242. The lowest BCUT2D eigenvalue weighted by atomic mass is 9.93. The fraction of sp³-hybridized carbons (Fsp3) is 0.103. The lowest BCUT2D eigenvalue weighted by molar-refractivity contribution is -0.132. The molecule has 1 amide bonds. The molecule has 1 unspecified atom stereocenters. The largest absolute Gasteiger partial charge is 0.507 e. The highest BCUT2D eigenvalue weighted by Crippen LogP contribution is 2.43. The highest BCUT2D eigenvalue weighted by Gasteiger charge is 2.47. The van der Waals surface area contributed by atoms with Crippen LogP contribution in [0, 0.1) is 13.8 Å². The van der Waals surface area contributed by atoms with Crippen LogP contribution >= 0.6 is 0 Å². The van der Waals surface area contributed by atoms with E-state index in [1.807, 2.05) is 98.8 Å². The monoisotopic (exact) mass is 433 g/mol. The number of nitrogens with zero attached hydrogens (tertiary/aromatic N) is 1. The van der Waals surface area contributed by atoms with Crippen molar-refractivity contribution in [2.75, 3.05) is 4.90 Å². The third kappa shape index (κ3) is 3.40. The zero-order valence-electron chi connectivity index (χ0n) is 18.4. The molecule has 4 aromatic carbocycles. The molecule has 1 saturated heterocycles. The van der Waals surface area contributed by atoms with E-state index in [2.05, 4.69) is 0 Å². The number of carbonyl (C=O) groups excluding carboxylic acids is 2. The summed E-state index contributed by atoms with van der Waals surface area (Å²) >= 11 is 0. The predicted octanol–water partition coefficient (Wildman–Crippen LogP) is 6.08. The number of aliphatic hydroxyl groups excluding tert-OH is 1. The van der Waals surface area contributed by atoms with Crippen molar-refractivity contribution in [2.24, 2.45) is 0 Å². The average molecular weight is 434 g/mol. The number of benzene rings is 4. The molecule has 33 heavy (non-hydrogen) atoms. The Bertz CT molecular complexity index is 1430. The van der Waals surface area contributed by atoms with E-state index in [-0.39, 0.29) is 11.3 Å². The maximum absolute atomic E-state index is 13.4. The first-order chi connectivity index (χ1) is 16.0. The topological polar surface area (TPSA) is 57.6 Å². The van der Waals surface area contributed by atoms with Crippen molar-refractivity contribution in [3.05, 3.63) is 119 Å². The molecule has 0 radical (unpaired) electrons. The summed E-state index contributed by atoms with van der Waals surface area (Å²) in [5, 5.41) is 13.3. The van der Waals surface area contributed by atoms with Crippen LogP contribution in [0.15, 0.2) is 96.6 Å². The minimum atomic E-state index is -0.730. The van der Waals surface area contributed by atoms with Gasteiger partial charge in [-0.3, -0.25) is 14.5 Å². The number of hydrogen-bond acceptors (Lipinski definition) is 3. The number of aliphatic hydroxyl groups is 1. The van der Waals surface area contributed by atoms with E-state index in [1.54, 1.807) is 6.07 Å². The van der Waals surface area contributed by atoms with Gasteiger partial charge in [0.05, 0.1) is 11.6 Å². The first-order valence-corrected chi connectivity index (χ1v) is 10.9. The van der Waals surface area contributed by atoms with Gasteiger partial charge in [0.15, 0.2) is 0 Å². The van der Waals surface area contributed by atoms with Crippen molar-refractivity contribution in [3.63, 3.8) is 0 Å². The third-order valence-corrected chi connectivity index (χ3v) is 6.22. The van der Waals surface area contributed by atoms with E-state index in [4.69, 9.17) is 0 Å². The van der Waals surface area contributed by atoms with E-state index in [0.717, 1.165) is 27.5 Å². The summed E-state index contributed by atoms with van der Waals surface area (Å²) in [7, 11) is 0. The summed E-state index contributed by atoms with van der Waals surface area (Å²) in [5.41, 5.74) is 4.02. The van der Waals surface area contributed by atoms with Gasteiger partial charge < -0.3 is 5.11 Å². The van der Waals surface area contributed by atoms with Crippen LogP contribution in [0.1, 0.15) is 28.3 Å². The molecule has 0 saturated carbocycles. The zero-order valence-corrected chi connectivity index (χ0v) is 18.4. The summed E-state index contributed by atoms with van der Waals surface area (Å²) < 4.78 is 0. The van der Waals surface area contributed by atoms with Crippen molar-refractivity contribution in [1.29, 1.82) is 0 Å². The third-order valence-electron chi connectivity index (χ3n) is 6.22. The van der Waals surface area contributed by atoms with Gasteiger partial charge in [0.25, 0.3) is 11.7 Å². The van der Waals surface area contributed by atoms with Crippen LogP contribution in [-0.2, 0) is 9.59 Å². The van der Waals surface area contributed by atoms with Gasteiger partial charge in [-0.2, -0.15) is 0 Å². The van der Waals surface area contributed by atoms with Crippen LogP contribution in [0.3, 0.4) is 0 Å². The van der Waals surface area contributed by atoms with Crippen LogP contribution in [-0.4, -0.2) is 16.8 Å². The highest BCUT2D eigenvalue weighted by atomic mass is 16.3. The van der Waals surface area contributed by atoms with Crippen LogP contribution < -0.4 is 4.90 Å². The van der Waals surface area contributed by atoms with Gasteiger partial charge in [-0.15, -0.1) is 0 Å². The Balaban J connectivity index is 1.79. The van der Waals surface area contributed by atoms with Gasteiger partial charge in [0.2, 0.25) is 0 Å². The standard InChI is InChI=1S/C29H23NO3/c1-18-15-16-24(19(2)17-18)30-26(21-10-4-3-5-11-21)25(28(32)29(30)33)27(31)23-14-8-12-20-9-6-7-13-22(20)23/h3-17,26,31H,1-2H3/b27-25-. The maximum Gasteiger partial charge on any atom is 0.300 e. The van der Waals surface area contributed by atoms with E-state index < -0.39 is 17.7 Å². The van der Waals surface area contributed by atoms with Gasteiger partial charge in [0, 0.05) is 11.3 Å². The summed E-state index contributed by atoms with van der Waals surface area (Å²) in [4.78, 5) is 28.3. The summed E-state index contributed by atoms with van der Waals surface area (Å²) in [6, 6.07) is 27.7. The number of hydrogen-bond donors (Lipinski definition) is 1. The predicted molar refractivity (Wildman–Crippen MR) is 131 cm³/mol. The Morgan fingerprint density at radius 3 is 2.27 bits per heavy atom. The summed E-state index contributed by atoms with van der Waals surface area (Å²) in [5.74, 6) is -1.49. The van der Waals surface area contributed by atoms with E-state index in [0.29, 0.717) is 11.3 Å². The van der Waals surface area contributed by atoms with Crippen LogP contribution in [0.5, 0.6) is 0 Å². The van der Waals surface area contributed by atoms with Crippen molar-refractivity contribution < 1.29 is 14.7 Å². The zero-order chi connectivity index (χ0) is 23.1. The number of Topliss-reactive ketones (excluding diaryl/α,β-unsaturated/α-hetero) is 1. The molecule has 0 spiro atoms. The van der Waals surface area contributed by atoms with Crippen LogP contribution in [0.2, 0.25) is 0 Å². The molecule has 1 heterocycles. The first-order valence-electron chi connectivity index (χ1n) is 10.9. The molecular formula is C29H23NO3. The minimum absolute atomic E-state index is 0.0996. The fourth-order valence-corrected chi connectivity index (χ4v) is 4.68. The second-order valence-corrected chi connectivity index (χ2v) is 8.40. The number of fused-ring (bicyclic) bond motifs is 1. The smallest absolute Gasteiger partial charge is 0.300 e. The lowest BCUT2D eigenvalue weighted by Crippen LogP contribution is -2.30. The van der Waals surface area contributed by atoms with Gasteiger partial charge in [0.1, 0.15) is 5.76 Å². The number of carbonyl (C=O) groups is 2. The summed E-state index contributed by atoms with van der Waals surface area (Å²) in [6.07, 6.45) is 0. The molecule has 1 fully saturated rings. The number of amides is 1. The molecule has 1 N–H and O–H groups in total. The molecule has 5 rings (SSSR count). The van der Waals surface area contributed by atoms with Crippen molar-refractivity contribution in [1.82, 2.24) is 0 Å². The Morgan fingerprint density at radius 2 is 1.52 bits per heavy atom. The van der Waals surface area contributed by atoms with Gasteiger partial charge >= 0.3 is 0 Å². The van der Waals surface area contributed by atoms with E-state index in [9.17, 15) is 14.7 Å². The van der Waals surface area contributed by atoms with Crippen molar-refractivity contribution >= 4 is 33.9 Å². The summed E-state index contributed by atoms with van der Waals surface area (Å²) in [6.45, 7) is 3.91. The number of anilines is 1. The molecule has 1 aliphatic heterocycles. The SMILES string of the molecule is Cc1ccc(N2C(=O)C(=O)/C(=C(\O)c3cccc4ccccc34)C2c2ccccc2)c(C)c1. The van der Waals surface area contributed by atoms with E-state index >= 15 is 0 Å². The van der Waals surface area contributed by atoms with Gasteiger partial charge in [-0.05, 0) is 41.8 Å². The number of ketones is 1. The Labute approximate surface area is 192 Å². The number of rotatable bonds is 3. The Kier molecular flexibility index (Phi) is 5.06. The Morgan fingerprint density at radius 1 is 0.818 bits per heavy atom. The normalized spacial score (nSPS) is 17.6. The molecule has 1 atom stereocenters. The Hall–Kier alpha value is -4.18. The second-order valence-electron chi connectivity index (χ2n) is 8.40. The molecule has 4 heteroatoms. The second kappa shape index (κ2) is 8.06. The highest BCUT2D eigenvalue weighted by molar-refractivity contribution is 6.52. The van der Waals surface area contributed by atoms with Crippen LogP contribution in [0.4, 0.5) is 5.69 Å². The lowest BCUT2D eigenvalue weighted by Gasteiger charge is -2.27. The molecule has 1 aliphatic rings. The first kappa shape index (κ1) is 20.7. The van der Waals surface area contributed by atoms with Crippen molar-refractivity contribution in [2.45, 2.75) is 19.9 Å². The number of aryl methyl sites for hydroxylation is 2. The van der Waals surface area contributed by atoms with Crippen molar-refractivity contribution in [3.8, 4) is 0 Å². The fourth-order valence-electron chi connectivity index (χ4n) is 4.68. The molecule has 4 aromatic rings. The molecule has 0 aromatic heterocycles. The molecule has 0 bridgehead atoms. The van der Waals surface area contributed by atoms with Crippen LogP contribution in [0.25, 0.3) is 16.5 Å². The molecular weight excluding hydrogens is 410 g/mol. The molecule has 4 nitrogen and oxygen atoms in total. The van der Waals surface area contributed by atoms with Gasteiger partial charge in [-0.25, -0.2) is 0 Å².